The highest BCUT2D eigenvalue weighted by Crippen LogP contribution is 2.29. The predicted octanol–water partition coefficient (Wildman–Crippen LogP) is 3.46. The number of hydrogen-bond acceptors (Lipinski definition) is 5. The molecule has 1 amide bonds. The maximum atomic E-state index is 13.3. The van der Waals surface area contributed by atoms with Gasteiger partial charge in [0.05, 0.1) is 12.8 Å². The molecule has 6 nitrogen and oxygen atoms in total. The quantitative estimate of drug-likeness (QED) is 0.403. The monoisotopic (exact) mass is 423 g/mol. The highest BCUT2D eigenvalue weighted by atomic mass is 32.1. The third-order valence-corrected chi connectivity index (χ3v) is 5.37. The molecule has 1 aliphatic rings. The first-order chi connectivity index (χ1) is 14.3. The number of aryl methyl sites for hydroxylation is 1. The molecule has 3 rings (SSSR count). The zero-order valence-electron chi connectivity index (χ0n) is 17.6. The van der Waals surface area contributed by atoms with E-state index in [1.165, 1.54) is 22.5 Å². The van der Waals surface area contributed by atoms with Gasteiger partial charge in [0, 0.05) is 19.8 Å². The standard InChI is InChI=1S/C23H25N3O3S/c1-5-16-6-12-19(13-7-16)26-22(28)20(25(23(26)30)15-21(27)29-4)14-17-8-10-18(11-9-17)24(2)3/h6-14H,5,15H2,1-4H3/b20-14-. The fourth-order valence-corrected chi connectivity index (χ4v) is 3.51. The summed E-state index contributed by atoms with van der Waals surface area (Å²) in [7, 11) is 5.24. The third kappa shape index (κ3) is 4.36. The van der Waals surface area contributed by atoms with E-state index in [1.54, 1.807) is 6.08 Å². The molecule has 156 valence electrons. The van der Waals surface area contributed by atoms with Gasteiger partial charge in [-0.2, -0.15) is 0 Å². The van der Waals surface area contributed by atoms with E-state index < -0.39 is 5.97 Å². The Bertz CT molecular complexity index is 982. The number of benzene rings is 2. The van der Waals surface area contributed by atoms with Crippen molar-refractivity contribution < 1.29 is 14.3 Å². The second-order valence-corrected chi connectivity index (χ2v) is 7.49. The summed E-state index contributed by atoms with van der Waals surface area (Å²) in [6.45, 7) is 1.94. The van der Waals surface area contributed by atoms with Gasteiger partial charge in [-0.05, 0) is 60.1 Å². The molecule has 30 heavy (non-hydrogen) atoms. The van der Waals surface area contributed by atoms with Crippen LogP contribution in [0.4, 0.5) is 11.4 Å². The summed E-state index contributed by atoms with van der Waals surface area (Å²) in [6.07, 6.45) is 2.65. The molecule has 0 atom stereocenters. The number of esters is 1. The number of amides is 1. The second kappa shape index (κ2) is 9.09. The van der Waals surface area contributed by atoms with E-state index in [-0.39, 0.29) is 17.6 Å². The number of methoxy groups -OCH3 is 1. The van der Waals surface area contributed by atoms with Crippen LogP contribution in [0.5, 0.6) is 0 Å². The Hall–Kier alpha value is -3.19. The molecule has 1 saturated heterocycles. The fourth-order valence-electron chi connectivity index (χ4n) is 3.16. The van der Waals surface area contributed by atoms with Crippen LogP contribution in [-0.4, -0.2) is 49.6 Å². The van der Waals surface area contributed by atoms with Gasteiger partial charge in [0.1, 0.15) is 12.2 Å². The van der Waals surface area contributed by atoms with Crippen molar-refractivity contribution in [2.24, 2.45) is 0 Å². The molecule has 7 heteroatoms. The van der Waals surface area contributed by atoms with E-state index in [4.69, 9.17) is 17.0 Å². The van der Waals surface area contributed by atoms with Crippen molar-refractivity contribution in [3.8, 4) is 0 Å². The molecule has 2 aromatic carbocycles. The molecule has 2 aromatic rings. The molecule has 0 saturated carbocycles. The topological polar surface area (TPSA) is 53.1 Å². The van der Waals surface area contributed by atoms with E-state index in [9.17, 15) is 9.59 Å². The van der Waals surface area contributed by atoms with Crippen molar-refractivity contribution in [1.29, 1.82) is 0 Å². The van der Waals surface area contributed by atoms with Crippen molar-refractivity contribution in [3.63, 3.8) is 0 Å². The van der Waals surface area contributed by atoms with Crippen LogP contribution in [-0.2, 0) is 20.7 Å². The van der Waals surface area contributed by atoms with Crippen molar-refractivity contribution in [2.45, 2.75) is 13.3 Å². The number of carbonyl (C=O) groups is 2. The molecule has 0 radical (unpaired) electrons. The largest absolute Gasteiger partial charge is 0.468 e. The van der Waals surface area contributed by atoms with E-state index in [0.29, 0.717) is 11.4 Å². The summed E-state index contributed by atoms with van der Waals surface area (Å²) in [5, 5.41) is 0.255. The van der Waals surface area contributed by atoms with Crippen LogP contribution >= 0.6 is 12.2 Å². The zero-order valence-corrected chi connectivity index (χ0v) is 18.4. The predicted molar refractivity (Wildman–Crippen MR) is 123 cm³/mol. The van der Waals surface area contributed by atoms with Gasteiger partial charge in [-0.3, -0.25) is 14.5 Å². The Morgan fingerprint density at radius 2 is 1.73 bits per heavy atom. The first-order valence-corrected chi connectivity index (χ1v) is 10.1. The lowest BCUT2D eigenvalue weighted by molar-refractivity contribution is -0.140. The number of nitrogens with zero attached hydrogens (tertiary/aromatic N) is 3. The summed E-state index contributed by atoms with van der Waals surface area (Å²) >= 11 is 5.57. The minimum atomic E-state index is -0.470. The summed E-state index contributed by atoms with van der Waals surface area (Å²) in [5.74, 6) is -0.743. The highest BCUT2D eigenvalue weighted by molar-refractivity contribution is 7.80. The van der Waals surface area contributed by atoms with Crippen LogP contribution in [0.1, 0.15) is 18.1 Å². The van der Waals surface area contributed by atoms with Crippen molar-refractivity contribution in [2.75, 3.05) is 37.5 Å². The van der Waals surface area contributed by atoms with Gasteiger partial charge in [-0.1, -0.05) is 31.2 Å². The van der Waals surface area contributed by atoms with Gasteiger partial charge in [0.15, 0.2) is 5.11 Å². The van der Waals surface area contributed by atoms with Gasteiger partial charge < -0.3 is 14.5 Å². The number of thiocarbonyl (C=S) groups is 1. The number of anilines is 2. The maximum absolute atomic E-state index is 13.3. The summed E-state index contributed by atoms with van der Waals surface area (Å²) in [4.78, 5) is 30.3. The van der Waals surface area contributed by atoms with Crippen LogP contribution in [0.25, 0.3) is 6.08 Å². The third-order valence-electron chi connectivity index (χ3n) is 4.97. The Balaban J connectivity index is 2.00. The second-order valence-electron chi connectivity index (χ2n) is 7.12. The Kier molecular flexibility index (Phi) is 6.52. The molecular weight excluding hydrogens is 398 g/mol. The van der Waals surface area contributed by atoms with Crippen LogP contribution in [0.15, 0.2) is 54.2 Å². The average molecular weight is 424 g/mol. The van der Waals surface area contributed by atoms with Crippen molar-refractivity contribution in [3.05, 3.63) is 65.4 Å². The molecular formula is C23H25N3O3S. The number of ether oxygens (including phenoxy) is 1. The average Bonchev–Trinajstić information content (AvgIpc) is 2.98. The van der Waals surface area contributed by atoms with E-state index in [1.807, 2.05) is 67.5 Å². The number of carbonyl (C=O) groups excluding carboxylic acids is 2. The Morgan fingerprint density at radius 3 is 2.27 bits per heavy atom. The van der Waals surface area contributed by atoms with E-state index in [2.05, 4.69) is 6.92 Å². The molecule has 1 fully saturated rings. The zero-order chi connectivity index (χ0) is 21.8. The van der Waals surface area contributed by atoms with Crippen LogP contribution in [0.3, 0.4) is 0 Å². The molecule has 0 unspecified atom stereocenters. The molecule has 1 heterocycles. The minimum Gasteiger partial charge on any atom is -0.468 e. The minimum absolute atomic E-state index is 0.133. The molecule has 1 aliphatic heterocycles. The van der Waals surface area contributed by atoms with E-state index in [0.717, 1.165) is 17.7 Å². The number of rotatable bonds is 6. The van der Waals surface area contributed by atoms with Crippen molar-refractivity contribution >= 4 is 46.7 Å². The normalized spacial score (nSPS) is 15.1. The van der Waals surface area contributed by atoms with Gasteiger partial charge in [0.2, 0.25) is 0 Å². The lowest BCUT2D eigenvalue weighted by atomic mass is 10.1. The molecule has 0 N–H and O–H groups in total. The molecule has 0 aliphatic carbocycles. The van der Waals surface area contributed by atoms with Crippen LogP contribution in [0, 0.1) is 0 Å². The van der Waals surface area contributed by atoms with Gasteiger partial charge in [-0.25, -0.2) is 0 Å². The molecule has 0 aromatic heterocycles. The van der Waals surface area contributed by atoms with Crippen molar-refractivity contribution in [1.82, 2.24) is 4.90 Å². The van der Waals surface area contributed by atoms with E-state index >= 15 is 0 Å². The van der Waals surface area contributed by atoms with Gasteiger partial charge in [-0.15, -0.1) is 0 Å². The van der Waals surface area contributed by atoms with Crippen LogP contribution in [0.2, 0.25) is 0 Å². The summed E-state index contributed by atoms with van der Waals surface area (Å²) < 4.78 is 4.80. The molecule has 0 bridgehead atoms. The fraction of sp³-hybridized carbons (Fsp3) is 0.261. The first kappa shape index (κ1) is 21.5. The first-order valence-electron chi connectivity index (χ1n) is 9.66. The summed E-state index contributed by atoms with van der Waals surface area (Å²) in [6, 6.07) is 15.5. The number of hydrogen-bond donors (Lipinski definition) is 0. The molecule has 0 spiro atoms. The van der Waals surface area contributed by atoms with Gasteiger partial charge >= 0.3 is 5.97 Å². The maximum Gasteiger partial charge on any atom is 0.325 e. The lowest BCUT2D eigenvalue weighted by Gasteiger charge is -2.19. The lowest BCUT2D eigenvalue weighted by Crippen LogP contribution is -2.35. The Morgan fingerprint density at radius 1 is 1.10 bits per heavy atom. The van der Waals surface area contributed by atoms with Gasteiger partial charge in [0.25, 0.3) is 5.91 Å². The Labute approximate surface area is 182 Å². The van der Waals surface area contributed by atoms with Crippen LogP contribution < -0.4 is 9.80 Å². The summed E-state index contributed by atoms with van der Waals surface area (Å²) in [5.41, 5.74) is 4.06. The highest BCUT2D eigenvalue weighted by Gasteiger charge is 2.40. The SMILES string of the molecule is CCc1ccc(N2C(=O)/C(=C/c3ccc(N(C)C)cc3)N(CC(=O)OC)C2=S)cc1. The smallest absolute Gasteiger partial charge is 0.325 e.